The summed E-state index contributed by atoms with van der Waals surface area (Å²) in [6, 6.07) is 13.8. The van der Waals surface area contributed by atoms with E-state index < -0.39 is 11.7 Å². The normalized spacial score (nSPS) is 15.2. The van der Waals surface area contributed by atoms with Crippen LogP contribution in [0.2, 0.25) is 0 Å². The molecule has 1 saturated heterocycles. The number of pyridine rings is 1. The molecule has 0 radical (unpaired) electrons. The van der Waals surface area contributed by atoms with E-state index in [0.29, 0.717) is 36.6 Å². The number of ether oxygens (including phenoxy) is 1. The Morgan fingerprint density at radius 1 is 1.16 bits per heavy atom. The zero-order valence-electron chi connectivity index (χ0n) is 20.8. The Bertz CT molecular complexity index is 1300. The maximum Gasteiger partial charge on any atom is 0.416 e. The van der Waals surface area contributed by atoms with Crippen LogP contribution in [0.15, 0.2) is 79.6 Å². The van der Waals surface area contributed by atoms with Crippen LogP contribution in [-0.2, 0) is 22.4 Å². The van der Waals surface area contributed by atoms with Gasteiger partial charge in [-0.25, -0.2) is 0 Å². The highest BCUT2D eigenvalue weighted by atomic mass is 19.4. The summed E-state index contributed by atoms with van der Waals surface area (Å²) in [7, 11) is 1.82. The number of hydrogen-bond acceptors (Lipinski definition) is 5. The van der Waals surface area contributed by atoms with Crippen LogP contribution in [0, 0.1) is 0 Å². The summed E-state index contributed by atoms with van der Waals surface area (Å²) in [5, 5.41) is 0. The number of halogens is 3. The van der Waals surface area contributed by atoms with Gasteiger partial charge in [0.05, 0.1) is 29.2 Å². The van der Waals surface area contributed by atoms with Crippen molar-refractivity contribution < 1.29 is 27.5 Å². The Hall–Kier alpha value is -4.34. The number of benzene rings is 2. The highest BCUT2D eigenvalue weighted by molar-refractivity contribution is 5.89. The third-order valence-corrected chi connectivity index (χ3v) is 6.51. The van der Waals surface area contributed by atoms with Gasteiger partial charge in [-0.05, 0) is 48.9 Å². The number of anilines is 3. The zero-order valence-corrected chi connectivity index (χ0v) is 20.8. The number of carbonyl (C=O) groups excluding carboxylic acids is 2. The van der Waals surface area contributed by atoms with E-state index in [-0.39, 0.29) is 24.1 Å². The van der Waals surface area contributed by atoms with Crippen molar-refractivity contribution in [1.82, 2.24) is 9.88 Å². The predicted octanol–water partition coefficient (Wildman–Crippen LogP) is 5.20. The molecule has 1 aliphatic rings. The quantitative estimate of drug-likeness (QED) is 0.285. The first-order valence-electron chi connectivity index (χ1n) is 11.9. The van der Waals surface area contributed by atoms with Crippen molar-refractivity contribution >= 4 is 29.4 Å². The Balaban J connectivity index is 1.49. The minimum atomic E-state index is -4.46. The van der Waals surface area contributed by atoms with Crippen LogP contribution >= 0.6 is 0 Å². The fourth-order valence-electron chi connectivity index (χ4n) is 4.48. The highest BCUT2D eigenvalue weighted by Crippen LogP contribution is 2.36. The van der Waals surface area contributed by atoms with Crippen LogP contribution in [0.5, 0.6) is 5.75 Å². The molecular weight excluding hydrogens is 497 g/mol. The van der Waals surface area contributed by atoms with Crippen molar-refractivity contribution in [3.05, 3.63) is 90.8 Å². The molecule has 2 heterocycles. The third kappa shape index (κ3) is 5.80. The molecule has 0 saturated carbocycles. The van der Waals surface area contributed by atoms with E-state index in [1.165, 1.54) is 18.2 Å². The smallest absolute Gasteiger partial charge is 0.416 e. The van der Waals surface area contributed by atoms with Gasteiger partial charge in [-0.15, -0.1) is 0 Å². The van der Waals surface area contributed by atoms with Crippen molar-refractivity contribution in [2.75, 3.05) is 29.9 Å². The topological polar surface area (TPSA) is 66.0 Å². The van der Waals surface area contributed by atoms with E-state index in [4.69, 9.17) is 4.74 Å². The molecule has 0 spiro atoms. The van der Waals surface area contributed by atoms with Crippen molar-refractivity contribution in [3.63, 3.8) is 0 Å². The average molecular weight is 525 g/mol. The Morgan fingerprint density at radius 3 is 2.58 bits per heavy atom. The number of likely N-dealkylation sites (tertiary alicyclic amines) is 1. The lowest BCUT2D eigenvalue weighted by molar-refractivity contribution is -0.138. The number of alkyl halides is 3. The number of amides is 2. The molecule has 7 nitrogen and oxygen atoms in total. The molecule has 1 unspecified atom stereocenters. The molecule has 1 fully saturated rings. The first-order chi connectivity index (χ1) is 18.2. The van der Waals surface area contributed by atoms with Gasteiger partial charge in [0.2, 0.25) is 12.3 Å². The van der Waals surface area contributed by atoms with Crippen LogP contribution in [0.25, 0.3) is 0 Å². The van der Waals surface area contributed by atoms with E-state index in [1.807, 2.05) is 11.9 Å². The maximum atomic E-state index is 13.2. The van der Waals surface area contributed by atoms with Crippen molar-refractivity contribution in [1.29, 1.82) is 0 Å². The highest BCUT2D eigenvalue weighted by Gasteiger charge is 2.33. The molecule has 4 rings (SSSR count). The third-order valence-electron chi connectivity index (χ3n) is 6.51. The van der Waals surface area contributed by atoms with Crippen LogP contribution in [0.1, 0.15) is 17.5 Å². The summed E-state index contributed by atoms with van der Waals surface area (Å²) >= 11 is 0. The first-order valence-corrected chi connectivity index (χ1v) is 11.9. The first kappa shape index (κ1) is 26.7. The molecule has 1 aliphatic heterocycles. The van der Waals surface area contributed by atoms with Gasteiger partial charge in [0.1, 0.15) is 12.4 Å². The van der Waals surface area contributed by atoms with Crippen LogP contribution < -0.4 is 14.5 Å². The van der Waals surface area contributed by atoms with Crippen LogP contribution in [0.3, 0.4) is 0 Å². The summed E-state index contributed by atoms with van der Waals surface area (Å²) in [4.78, 5) is 33.5. The zero-order chi connectivity index (χ0) is 27.3. The summed E-state index contributed by atoms with van der Waals surface area (Å²) in [6.45, 7) is 4.24. The van der Waals surface area contributed by atoms with Gasteiger partial charge in [-0.3, -0.25) is 14.6 Å². The average Bonchev–Trinajstić information content (AvgIpc) is 3.42. The van der Waals surface area contributed by atoms with E-state index in [1.54, 1.807) is 58.6 Å². The summed E-state index contributed by atoms with van der Waals surface area (Å²) in [5.41, 5.74) is 1.39. The lowest BCUT2D eigenvalue weighted by Gasteiger charge is -2.30. The summed E-state index contributed by atoms with van der Waals surface area (Å²) in [6.07, 6.45) is 1.44. The second-order valence-electron chi connectivity index (χ2n) is 8.80. The lowest BCUT2D eigenvalue weighted by atomic mass is 10.1. The van der Waals surface area contributed by atoms with Crippen LogP contribution in [-0.4, -0.2) is 48.4 Å². The minimum absolute atomic E-state index is 0.0513. The predicted molar refractivity (Wildman–Crippen MR) is 138 cm³/mol. The molecule has 0 N–H and O–H groups in total. The number of aromatic nitrogens is 1. The fourth-order valence-corrected chi connectivity index (χ4v) is 4.48. The van der Waals surface area contributed by atoms with Gasteiger partial charge in [0, 0.05) is 37.6 Å². The molecular formula is C28H27F3N4O3. The summed E-state index contributed by atoms with van der Waals surface area (Å²) < 4.78 is 45.4. The number of nitrogens with zero attached hydrogens (tertiary/aromatic N) is 4. The molecule has 2 amide bonds. The molecule has 198 valence electrons. The van der Waals surface area contributed by atoms with Gasteiger partial charge in [0.15, 0.2) is 0 Å². The van der Waals surface area contributed by atoms with Gasteiger partial charge in [0.25, 0.3) is 0 Å². The maximum absolute atomic E-state index is 13.2. The van der Waals surface area contributed by atoms with E-state index in [0.717, 1.165) is 18.2 Å². The number of rotatable bonds is 9. The molecule has 10 heteroatoms. The number of carbonyl (C=O) groups is 2. The number of hydrogen-bond donors (Lipinski definition) is 0. The Kier molecular flexibility index (Phi) is 7.99. The lowest BCUT2D eigenvalue weighted by Crippen LogP contribution is -2.38. The van der Waals surface area contributed by atoms with Crippen molar-refractivity contribution in [2.45, 2.75) is 25.2 Å². The SMILES string of the molecule is C=CC(=O)N1CCC(N(C=O)c2ccncc2N(C)c2ccc(OCc3ccccc3C(F)(F)F)cc2)C1. The molecule has 1 aromatic heterocycles. The van der Waals surface area contributed by atoms with Gasteiger partial charge < -0.3 is 19.4 Å². The van der Waals surface area contributed by atoms with Crippen molar-refractivity contribution in [3.8, 4) is 5.75 Å². The largest absolute Gasteiger partial charge is 0.489 e. The van der Waals surface area contributed by atoms with Gasteiger partial charge in [-0.2, -0.15) is 13.2 Å². The van der Waals surface area contributed by atoms with Crippen LogP contribution in [0.4, 0.5) is 30.2 Å². The molecule has 0 bridgehead atoms. The van der Waals surface area contributed by atoms with Crippen molar-refractivity contribution in [2.24, 2.45) is 0 Å². The Labute approximate surface area is 218 Å². The molecule has 0 aliphatic carbocycles. The molecule has 2 aromatic carbocycles. The monoisotopic (exact) mass is 524 g/mol. The molecule has 1 atom stereocenters. The van der Waals surface area contributed by atoms with Gasteiger partial charge in [-0.1, -0.05) is 24.8 Å². The fraction of sp³-hybridized carbons (Fsp3) is 0.250. The second-order valence-corrected chi connectivity index (χ2v) is 8.80. The van der Waals surface area contributed by atoms with E-state index in [9.17, 15) is 22.8 Å². The Morgan fingerprint density at radius 2 is 1.89 bits per heavy atom. The van der Waals surface area contributed by atoms with E-state index in [2.05, 4.69) is 11.6 Å². The summed E-state index contributed by atoms with van der Waals surface area (Å²) in [5.74, 6) is 0.243. The molecule has 3 aromatic rings. The standard InChI is InChI=1S/C28H27F3N4O3/c1-3-27(37)34-15-13-22(17-34)35(19-36)25-12-14-32-16-26(25)33(2)21-8-10-23(11-9-21)38-18-20-6-4-5-7-24(20)28(29,30)31/h3-12,14,16,19,22H,1,13,15,17-18H2,2H3. The van der Waals surface area contributed by atoms with E-state index >= 15 is 0 Å². The molecule has 38 heavy (non-hydrogen) atoms. The second kappa shape index (κ2) is 11.4. The van der Waals surface area contributed by atoms with Gasteiger partial charge >= 0.3 is 6.18 Å². The minimum Gasteiger partial charge on any atom is -0.489 e.